The summed E-state index contributed by atoms with van der Waals surface area (Å²) >= 11 is 0. The summed E-state index contributed by atoms with van der Waals surface area (Å²) in [5, 5.41) is 13.5. The fourth-order valence-corrected chi connectivity index (χ4v) is 2.77. The molecule has 1 aliphatic rings. The Morgan fingerprint density at radius 3 is 2.44 bits per heavy atom. The predicted molar refractivity (Wildman–Crippen MR) is 109 cm³/mol. The number of carbonyl (C=O) groups excluding carboxylic acids is 1. The number of carbonyl (C=O) groups is 1. The van der Waals surface area contributed by atoms with E-state index in [9.17, 15) is 9.90 Å². The van der Waals surface area contributed by atoms with Gasteiger partial charge in [0.1, 0.15) is 11.5 Å². The third kappa shape index (κ3) is 3.91. The van der Waals surface area contributed by atoms with Crippen LogP contribution in [-0.4, -0.2) is 16.6 Å². The number of nitrogens with one attached hydrogen (secondary N) is 1. The summed E-state index contributed by atoms with van der Waals surface area (Å²) in [5.74, 6) is -0.399. The Labute approximate surface area is 157 Å². The van der Waals surface area contributed by atoms with Crippen LogP contribution in [0, 0.1) is 6.92 Å². The Bertz CT molecular complexity index is 986. The second-order valence-corrected chi connectivity index (χ2v) is 6.43. The highest BCUT2D eigenvalue weighted by Gasteiger charge is 2.24. The van der Waals surface area contributed by atoms with Gasteiger partial charge in [-0.1, -0.05) is 12.1 Å². The average molecular weight is 362 g/mol. The average Bonchev–Trinajstić information content (AvgIpc) is 2.66. The number of nitrogen functional groups attached to an aromatic ring is 1. The van der Waals surface area contributed by atoms with Gasteiger partial charge in [-0.2, -0.15) is 0 Å². The zero-order valence-electron chi connectivity index (χ0n) is 15.3. The predicted octanol–water partition coefficient (Wildman–Crippen LogP) is 3.52. The Balaban J connectivity index is 1.97. The number of ketones is 1. The van der Waals surface area contributed by atoms with Gasteiger partial charge in [0.15, 0.2) is 0 Å². The third-order valence-corrected chi connectivity index (χ3v) is 4.41. The van der Waals surface area contributed by atoms with E-state index >= 15 is 0 Å². The van der Waals surface area contributed by atoms with Gasteiger partial charge in [0.25, 0.3) is 0 Å². The van der Waals surface area contributed by atoms with Crippen molar-refractivity contribution in [2.24, 2.45) is 10.7 Å². The fourth-order valence-electron chi connectivity index (χ4n) is 2.77. The van der Waals surface area contributed by atoms with E-state index in [2.05, 4.69) is 10.3 Å². The molecule has 0 radical (unpaired) electrons. The quantitative estimate of drug-likeness (QED) is 0.491. The van der Waals surface area contributed by atoms with Crippen LogP contribution in [0.15, 0.2) is 70.6 Å². The molecule has 6 heteroatoms. The standard InChI is InChI=1S/C21H22N4O2/c1-12-9-15(23)5-8-17(12)25-19-10-18(20(26)13(2)21(19)27)24-16-6-3-14(11-22)4-7-16/h3-10,25-26H,11,22-23H2,1-2H3. The molecule has 0 aliphatic heterocycles. The van der Waals surface area contributed by atoms with Gasteiger partial charge in [0, 0.05) is 23.5 Å². The molecule has 0 heterocycles. The monoisotopic (exact) mass is 362 g/mol. The summed E-state index contributed by atoms with van der Waals surface area (Å²) in [6.45, 7) is 3.93. The highest BCUT2D eigenvalue weighted by molar-refractivity contribution is 6.24. The van der Waals surface area contributed by atoms with Gasteiger partial charge >= 0.3 is 0 Å². The molecule has 0 unspecified atom stereocenters. The Hall–Kier alpha value is -3.38. The highest BCUT2D eigenvalue weighted by atomic mass is 16.3. The molecule has 0 spiro atoms. The van der Waals surface area contributed by atoms with E-state index in [1.165, 1.54) is 0 Å². The van der Waals surface area contributed by atoms with E-state index < -0.39 is 0 Å². The van der Waals surface area contributed by atoms with Crippen molar-refractivity contribution in [1.29, 1.82) is 0 Å². The molecular weight excluding hydrogens is 340 g/mol. The third-order valence-electron chi connectivity index (χ3n) is 4.41. The van der Waals surface area contributed by atoms with Crippen molar-refractivity contribution in [1.82, 2.24) is 0 Å². The van der Waals surface area contributed by atoms with Crippen LogP contribution in [-0.2, 0) is 11.3 Å². The molecule has 0 bridgehead atoms. The second kappa shape index (κ2) is 7.47. The van der Waals surface area contributed by atoms with Gasteiger partial charge in [0.05, 0.1) is 11.4 Å². The lowest BCUT2D eigenvalue weighted by molar-refractivity contribution is -0.112. The first-order valence-corrected chi connectivity index (χ1v) is 8.56. The molecule has 0 fully saturated rings. The molecule has 1 aliphatic carbocycles. The maximum atomic E-state index is 12.6. The van der Waals surface area contributed by atoms with Crippen LogP contribution < -0.4 is 16.8 Å². The van der Waals surface area contributed by atoms with Crippen LogP contribution >= 0.6 is 0 Å². The molecule has 27 heavy (non-hydrogen) atoms. The normalized spacial score (nSPS) is 15.9. The lowest BCUT2D eigenvalue weighted by atomic mass is 9.98. The number of rotatable bonds is 4. The summed E-state index contributed by atoms with van der Waals surface area (Å²) in [5.41, 5.74) is 16.3. The molecule has 6 N–H and O–H groups in total. The van der Waals surface area contributed by atoms with Crippen molar-refractivity contribution in [3.05, 3.63) is 76.7 Å². The van der Waals surface area contributed by atoms with Crippen LogP contribution in [0.5, 0.6) is 0 Å². The summed E-state index contributed by atoms with van der Waals surface area (Å²) in [6.07, 6.45) is 1.55. The Morgan fingerprint density at radius 1 is 1.11 bits per heavy atom. The topological polar surface area (TPSA) is 114 Å². The SMILES string of the molecule is CC1=C(O)C(=Nc2ccc(CN)cc2)C=C(Nc2ccc(N)cc2C)C1=O. The van der Waals surface area contributed by atoms with Crippen molar-refractivity contribution in [3.63, 3.8) is 0 Å². The molecule has 2 aromatic rings. The molecule has 2 aromatic carbocycles. The van der Waals surface area contributed by atoms with E-state index in [-0.39, 0.29) is 17.1 Å². The number of Topliss-reactive ketones (excluding diaryl/α,β-unsaturated/α-hetero) is 1. The second-order valence-electron chi connectivity index (χ2n) is 6.43. The summed E-state index contributed by atoms with van der Waals surface area (Å²) in [7, 11) is 0. The van der Waals surface area contributed by atoms with Crippen molar-refractivity contribution in [3.8, 4) is 0 Å². The first-order valence-electron chi connectivity index (χ1n) is 8.56. The molecule has 3 rings (SSSR count). The van der Waals surface area contributed by atoms with Crippen molar-refractivity contribution >= 4 is 28.6 Å². The first-order chi connectivity index (χ1) is 12.9. The smallest absolute Gasteiger partial charge is 0.208 e. The van der Waals surface area contributed by atoms with E-state index in [0.29, 0.717) is 29.3 Å². The molecule has 138 valence electrons. The zero-order valence-corrected chi connectivity index (χ0v) is 15.3. The summed E-state index contributed by atoms with van der Waals surface area (Å²) < 4.78 is 0. The van der Waals surface area contributed by atoms with Gasteiger partial charge in [-0.15, -0.1) is 0 Å². The van der Waals surface area contributed by atoms with E-state index in [1.54, 1.807) is 19.1 Å². The van der Waals surface area contributed by atoms with Crippen LogP contribution in [0.3, 0.4) is 0 Å². The number of anilines is 2. The van der Waals surface area contributed by atoms with Gasteiger partial charge < -0.3 is 21.9 Å². The van der Waals surface area contributed by atoms with E-state index in [0.717, 1.165) is 16.8 Å². The number of aliphatic hydroxyl groups is 1. The molecule has 0 amide bonds. The molecule has 6 nitrogen and oxygen atoms in total. The molecular formula is C21H22N4O2. The van der Waals surface area contributed by atoms with Gasteiger partial charge in [-0.05, 0) is 61.4 Å². The first kappa shape index (κ1) is 18.4. The highest BCUT2D eigenvalue weighted by Crippen LogP contribution is 2.25. The molecule has 0 atom stereocenters. The molecule has 0 aromatic heterocycles. The van der Waals surface area contributed by atoms with Crippen LogP contribution in [0.25, 0.3) is 0 Å². The summed E-state index contributed by atoms with van der Waals surface area (Å²) in [6, 6.07) is 12.8. The van der Waals surface area contributed by atoms with Gasteiger partial charge in [-0.3, -0.25) is 4.79 Å². The number of benzene rings is 2. The number of aryl methyl sites for hydroxylation is 1. The van der Waals surface area contributed by atoms with Crippen LogP contribution in [0.2, 0.25) is 0 Å². The van der Waals surface area contributed by atoms with E-state index in [1.807, 2.05) is 43.3 Å². The fraction of sp³-hybridized carbons (Fsp3) is 0.143. The maximum absolute atomic E-state index is 12.6. The number of nitrogens with zero attached hydrogens (tertiary/aromatic N) is 1. The summed E-state index contributed by atoms with van der Waals surface area (Å²) in [4.78, 5) is 17.0. The minimum atomic E-state index is -0.277. The van der Waals surface area contributed by atoms with Crippen molar-refractivity contribution in [2.45, 2.75) is 20.4 Å². The van der Waals surface area contributed by atoms with Crippen molar-refractivity contribution < 1.29 is 9.90 Å². The number of allylic oxidation sites excluding steroid dienone is 2. The Morgan fingerprint density at radius 2 is 1.81 bits per heavy atom. The minimum absolute atomic E-state index is 0.123. The Kier molecular flexibility index (Phi) is 5.09. The van der Waals surface area contributed by atoms with E-state index in [4.69, 9.17) is 11.5 Å². The van der Waals surface area contributed by atoms with Gasteiger partial charge in [-0.25, -0.2) is 4.99 Å². The lowest BCUT2D eigenvalue weighted by Gasteiger charge is -2.18. The van der Waals surface area contributed by atoms with Gasteiger partial charge in [0.2, 0.25) is 5.78 Å². The number of hydrogen-bond donors (Lipinski definition) is 4. The number of aliphatic hydroxyl groups excluding tert-OH is 1. The number of hydrogen-bond acceptors (Lipinski definition) is 6. The lowest BCUT2D eigenvalue weighted by Crippen LogP contribution is -2.22. The maximum Gasteiger partial charge on any atom is 0.208 e. The van der Waals surface area contributed by atoms with Crippen LogP contribution in [0.1, 0.15) is 18.1 Å². The zero-order chi connectivity index (χ0) is 19.6. The minimum Gasteiger partial charge on any atom is -0.505 e. The number of aliphatic imine (C=N–C) groups is 1. The molecule has 0 saturated heterocycles. The molecule has 0 saturated carbocycles. The van der Waals surface area contributed by atoms with Crippen LogP contribution in [0.4, 0.5) is 17.1 Å². The largest absolute Gasteiger partial charge is 0.505 e. The van der Waals surface area contributed by atoms with Crippen molar-refractivity contribution in [2.75, 3.05) is 11.1 Å². The number of nitrogens with two attached hydrogens (primary N) is 2.